The first kappa shape index (κ1) is 15.9. The second-order valence-electron chi connectivity index (χ2n) is 4.88. The number of nitrogens with zero attached hydrogens (tertiary/aromatic N) is 2. The third kappa shape index (κ3) is 3.38. The molecule has 0 atom stereocenters. The van der Waals surface area contributed by atoms with Crippen LogP contribution >= 0.6 is 0 Å². The van der Waals surface area contributed by atoms with Gasteiger partial charge in [-0.2, -0.15) is 5.10 Å². The normalized spacial score (nSPS) is 11.7. The summed E-state index contributed by atoms with van der Waals surface area (Å²) < 4.78 is 42.5. The summed E-state index contributed by atoms with van der Waals surface area (Å²) in [4.78, 5) is 11.4. The third-order valence-corrected chi connectivity index (χ3v) is 2.93. The number of alkyl halides is 3. The van der Waals surface area contributed by atoms with Crippen molar-refractivity contribution >= 4 is 5.91 Å². The Labute approximate surface area is 124 Å². The maximum absolute atomic E-state index is 12.3. The van der Waals surface area contributed by atoms with Crippen LogP contribution < -0.4 is 10.5 Å². The van der Waals surface area contributed by atoms with Crippen molar-refractivity contribution in [1.82, 2.24) is 9.78 Å². The van der Waals surface area contributed by atoms with Crippen molar-refractivity contribution in [3.05, 3.63) is 36.0 Å². The molecule has 118 valence electrons. The molecule has 22 heavy (non-hydrogen) atoms. The zero-order chi connectivity index (χ0) is 16.5. The summed E-state index contributed by atoms with van der Waals surface area (Å²) in [6.45, 7) is 3.82. The van der Waals surface area contributed by atoms with E-state index in [0.29, 0.717) is 11.3 Å². The molecule has 0 aliphatic heterocycles. The molecule has 5 nitrogen and oxygen atoms in total. The van der Waals surface area contributed by atoms with Gasteiger partial charge in [-0.25, -0.2) is 0 Å². The van der Waals surface area contributed by atoms with Gasteiger partial charge >= 0.3 is 6.36 Å². The lowest BCUT2D eigenvalue weighted by Crippen LogP contribution is -2.21. The first-order chi connectivity index (χ1) is 10.2. The lowest BCUT2D eigenvalue weighted by molar-refractivity contribution is -0.274. The molecule has 0 saturated heterocycles. The molecule has 0 spiro atoms. The fourth-order valence-corrected chi connectivity index (χ4v) is 2.05. The molecule has 1 aromatic heterocycles. The number of carbonyl (C=O) groups excluding carboxylic acids is 1. The van der Waals surface area contributed by atoms with Gasteiger partial charge < -0.3 is 10.5 Å². The van der Waals surface area contributed by atoms with E-state index in [4.69, 9.17) is 5.73 Å². The highest BCUT2D eigenvalue weighted by molar-refractivity contribution is 5.97. The Morgan fingerprint density at radius 1 is 1.32 bits per heavy atom. The molecule has 0 aliphatic carbocycles. The number of halogens is 3. The fraction of sp³-hybridized carbons (Fsp3) is 0.286. The SMILES string of the molecule is CC(C)n1nccc1-c1ccc(OC(F)(F)F)c(C(N)=O)c1. The maximum Gasteiger partial charge on any atom is 0.573 e. The highest BCUT2D eigenvalue weighted by Crippen LogP contribution is 2.31. The summed E-state index contributed by atoms with van der Waals surface area (Å²) >= 11 is 0. The van der Waals surface area contributed by atoms with Gasteiger partial charge in [-0.15, -0.1) is 13.2 Å². The Kier molecular flexibility index (Phi) is 4.11. The van der Waals surface area contributed by atoms with E-state index in [2.05, 4.69) is 9.84 Å². The second-order valence-corrected chi connectivity index (χ2v) is 4.88. The highest BCUT2D eigenvalue weighted by Gasteiger charge is 2.33. The van der Waals surface area contributed by atoms with Gasteiger partial charge in [-0.05, 0) is 38.1 Å². The Morgan fingerprint density at radius 3 is 2.55 bits per heavy atom. The lowest BCUT2D eigenvalue weighted by Gasteiger charge is -2.14. The fourth-order valence-electron chi connectivity index (χ4n) is 2.05. The number of aromatic nitrogens is 2. The van der Waals surface area contributed by atoms with Gasteiger partial charge in [-0.1, -0.05) is 0 Å². The van der Waals surface area contributed by atoms with E-state index >= 15 is 0 Å². The number of carbonyl (C=O) groups is 1. The molecule has 0 radical (unpaired) electrons. The molecule has 2 aromatic rings. The third-order valence-electron chi connectivity index (χ3n) is 2.93. The highest BCUT2D eigenvalue weighted by atomic mass is 19.4. The van der Waals surface area contributed by atoms with Crippen LogP contribution in [-0.4, -0.2) is 22.1 Å². The van der Waals surface area contributed by atoms with Crippen LogP contribution in [0.4, 0.5) is 13.2 Å². The summed E-state index contributed by atoms with van der Waals surface area (Å²) in [6, 6.07) is 5.50. The molecular weight excluding hydrogens is 299 g/mol. The van der Waals surface area contributed by atoms with Gasteiger partial charge in [0.1, 0.15) is 5.75 Å². The van der Waals surface area contributed by atoms with Crippen molar-refractivity contribution in [2.24, 2.45) is 5.73 Å². The van der Waals surface area contributed by atoms with Gasteiger partial charge in [0.15, 0.2) is 0 Å². The van der Waals surface area contributed by atoms with Gasteiger partial charge in [0.05, 0.1) is 11.3 Å². The van der Waals surface area contributed by atoms with Crippen molar-refractivity contribution in [2.45, 2.75) is 26.3 Å². The Hall–Kier alpha value is -2.51. The van der Waals surface area contributed by atoms with Crippen molar-refractivity contribution in [3.63, 3.8) is 0 Å². The van der Waals surface area contributed by atoms with Crippen molar-refractivity contribution in [3.8, 4) is 17.0 Å². The van der Waals surface area contributed by atoms with Gasteiger partial charge in [0, 0.05) is 17.8 Å². The monoisotopic (exact) mass is 313 g/mol. The Bertz CT molecular complexity index is 693. The Morgan fingerprint density at radius 2 is 2.00 bits per heavy atom. The van der Waals surface area contributed by atoms with E-state index in [1.807, 2.05) is 13.8 Å². The molecule has 2 rings (SSSR count). The number of rotatable bonds is 4. The van der Waals surface area contributed by atoms with E-state index in [9.17, 15) is 18.0 Å². The average Bonchev–Trinajstić information content (AvgIpc) is 2.86. The average molecular weight is 313 g/mol. The lowest BCUT2D eigenvalue weighted by atomic mass is 10.1. The topological polar surface area (TPSA) is 70.1 Å². The standard InChI is InChI=1S/C14H14F3N3O2/c1-8(2)20-11(5-6-19-20)9-3-4-12(22-14(15,16)17)10(7-9)13(18)21/h3-8H,1-2H3,(H2,18,21). The predicted octanol–water partition coefficient (Wildman–Crippen LogP) is 3.13. The zero-order valence-electron chi connectivity index (χ0n) is 11.9. The van der Waals surface area contributed by atoms with E-state index in [1.165, 1.54) is 12.1 Å². The number of amides is 1. The zero-order valence-corrected chi connectivity index (χ0v) is 11.9. The number of hydrogen-bond acceptors (Lipinski definition) is 3. The van der Waals surface area contributed by atoms with E-state index in [0.717, 1.165) is 6.07 Å². The molecule has 0 bridgehead atoms. The molecule has 1 aromatic carbocycles. The first-order valence-electron chi connectivity index (χ1n) is 6.42. The minimum Gasteiger partial charge on any atom is -0.405 e. The van der Waals surface area contributed by atoms with Crippen LogP contribution in [0.1, 0.15) is 30.2 Å². The van der Waals surface area contributed by atoms with Crippen LogP contribution in [0.15, 0.2) is 30.5 Å². The molecule has 0 saturated carbocycles. The quantitative estimate of drug-likeness (QED) is 0.942. The summed E-state index contributed by atoms with van der Waals surface area (Å²) in [5, 5.41) is 4.14. The van der Waals surface area contributed by atoms with Crippen LogP contribution in [0.5, 0.6) is 5.75 Å². The van der Waals surface area contributed by atoms with Crippen molar-refractivity contribution in [2.75, 3.05) is 0 Å². The predicted molar refractivity (Wildman–Crippen MR) is 73.2 cm³/mol. The van der Waals surface area contributed by atoms with Gasteiger partial charge in [0.2, 0.25) is 0 Å². The number of hydrogen-bond donors (Lipinski definition) is 1. The van der Waals surface area contributed by atoms with E-state index in [-0.39, 0.29) is 11.6 Å². The molecule has 2 N–H and O–H groups in total. The molecule has 1 amide bonds. The molecule has 0 unspecified atom stereocenters. The minimum absolute atomic E-state index is 0.0492. The van der Waals surface area contributed by atoms with E-state index in [1.54, 1.807) is 16.9 Å². The van der Waals surface area contributed by atoms with Gasteiger partial charge in [0.25, 0.3) is 5.91 Å². The van der Waals surface area contributed by atoms with Crippen molar-refractivity contribution in [1.29, 1.82) is 0 Å². The van der Waals surface area contributed by atoms with Crippen LogP contribution in [0.25, 0.3) is 11.3 Å². The molecule has 0 aliphatic rings. The molecule has 0 fully saturated rings. The molecule has 8 heteroatoms. The van der Waals surface area contributed by atoms with Crippen LogP contribution in [0.3, 0.4) is 0 Å². The Balaban J connectivity index is 2.50. The summed E-state index contributed by atoms with van der Waals surface area (Å²) in [6.07, 6.45) is -3.33. The summed E-state index contributed by atoms with van der Waals surface area (Å²) in [5.74, 6) is -1.63. The largest absolute Gasteiger partial charge is 0.573 e. The first-order valence-corrected chi connectivity index (χ1v) is 6.42. The van der Waals surface area contributed by atoms with E-state index < -0.39 is 18.0 Å². The number of ether oxygens (including phenoxy) is 1. The number of benzene rings is 1. The van der Waals surface area contributed by atoms with Gasteiger partial charge in [-0.3, -0.25) is 9.48 Å². The summed E-state index contributed by atoms with van der Waals surface area (Å²) in [7, 11) is 0. The second kappa shape index (κ2) is 5.70. The molecule has 1 heterocycles. The van der Waals surface area contributed by atoms with Crippen LogP contribution in [0.2, 0.25) is 0 Å². The maximum atomic E-state index is 12.3. The smallest absolute Gasteiger partial charge is 0.405 e. The number of nitrogens with two attached hydrogens (primary N) is 1. The van der Waals surface area contributed by atoms with Crippen LogP contribution in [-0.2, 0) is 0 Å². The minimum atomic E-state index is -4.90. The van der Waals surface area contributed by atoms with Crippen LogP contribution in [0, 0.1) is 0 Å². The molecular formula is C14H14F3N3O2. The summed E-state index contributed by atoms with van der Waals surface area (Å²) in [5.41, 5.74) is 5.99. The number of primary amides is 1. The van der Waals surface area contributed by atoms with Crippen molar-refractivity contribution < 1.29 is 22.7 Å².